The fourth-order valence-corrected chi connectivity index (χ4v) is 3.25. The minimum Gasteiger partial charge on any atom is -0.271 e. The highest BCUT2D eigenvalue weighted by molar-refractivity contribution is 5.74. The van der Waals surface area contributed by atoms with Crippen molar-refractivity contribution in [2.75, 3.05) is 0 Å². The molecule has 4 heteroatoms. The molecule has 1 aliphatic rings. The van der Waals surface area contributed by atoms with Crippen LogP contribution in [0.5, 0.6) is 0 Å². The van der Waals surface area contributed by atoms with Gasteiger partial charge in [0.1, 0.15) is 0 Å². The first kappa shape index (κ1) is 13.5. The van der Waals surface area contributed by atoms with Crippen molar-refractivity contribution in [2.24, 2.45) is 11.8 Å². The number of aromatic nitrogens is 2. The second kappa shape index (κ2) is 6.29. The summed E-state index contributed by atoms with van der Waals surface area (Å²) < 4.78 is 0. The Kier molecular flexibility index (Phi) is 4.23. The zero-order valence-corrected chi connectivity index (χ0v) is 11.8. The highest BCUT2D eigenvalue weighted by Crippen LogP contribution is 2.32. The number of fused-ring (bicyclic) bond motifs is 1. The van der Waals surface area contributed by atoms with Gasteiger partial charge in [-0.2, -0.15) is 0 Å². The quantitative estimate of drug-likeness (QED) is 0.662. The molecule has 1 atom stereocenters. The molecule has 3 rings (SSSR count). The van der Waals surface area contributed by atoms with E-state index >= 15 is 0 Å². The van der Waals surface area contributed by atoms with Gasteiger partial charge >= 0.3 is 0 Å². The average Bonchev–Trinajstić information content (AvgIpc) is 2.53. The third kappa shape index (κ3) is 2.97. The summed E-state index contributed by atoms with van der Waals surface area (Å²) >= 11 is 0. The van der Waals surface area contributed by atoms with Crippen LogP contribution in [0, 0.1) is 5.92 Å². The number of hydrazine groups is 1. The molecule has 0 saturated heterocycles. The van der Waals surface area contributed by atoms with E-state index in [9.17, 15) is 0 Å². The van der Waals surface area contributed by atoms with Gasteiger partial charge in [0.15, 0.2) is 0 Å². The summed E-state index contributed by atoms with van der Waals surface area (Å²) in [5.41, 5.74) is 6.07. The zero-order chi connectivity index (χ0) is 13.8. The van der Waals surface area contributed by atoms with E-state index in [0.717, 1.165) is 23.4 Å². The van der Waals surface area contributed by atoms with Crippen LogP contribution in [-0.2, 0) is 0 Å². The van der Waals surface area contributed by atoms with E-state index in [-0.39, 0.29) is 6.04 Å². The van der Waals surface area contributed by atoms with E-state index in [1.165, 1.54) is 37.7 Å². The van der Waals surface area contributed by atoms with Gasteiger partial charge in [-0.05, 0) is 30.0 Å². The van der Waals surface area contributed by atoms with Crippen molar-refractivity contribution in [3.8, 4) is 0 Å². The maximum atomic E-state index is 5.78. The molecule has 1 heterocycles. The van der Waals surface area contributed by atoms with Gasteiger partial charge in [0.25, 0.3) is 0 Å². The molecule has 1 aromatic heterocycles. The molecule has 1 aliphatic carbocycles. The summed E-state index contributed by atoms with van der Waals surface area (Å²) in [4.78, 5) is 8.68. The molecule has 2 aromatic rings. The highest BCUT2D eigenvalue weighted by Gasteiger charge is 2.19. The largest absolute Gasteiger partial charge is 0.271 e. The third-order valence-corrected chi connectivity index (χ3v) is 4.39. The zero-order valence-electron chi connectivity index (χ0n) is 11.8. The first-order chi connectivity index (χ1) is 9.86. The van der Waals surface area contributed by atoms with Crippen LogP contribution in [0.3, 0.4) is 0 Å². The molecule has 3 N–H and O–H groups in total. The molecule has 0 spiro atoms. The van der Waals surface area contributed by atoms with Crippen LogP contribution < -0.4 is 11.3 Å². The summed E-state index contributed by atoms with van der Waals surface area (Å²) in [6.45, 7) is 0. The monoisotopic (exact) mass is 270 g/mol. The van der Waals surface area contributed by atoms with Gasteiger partial charge in [0.2, 0.25) is 0 Å². The van der Waals surface area contributed by atoms with Crippen molar-refractivity contribution in [1.82, 2.24) is 15.4 Å². The number of hydrogen-bond acceptors (Lipinski definition) is 4. The van der Waals surface area contributed by atoms with Crippen LogP contribution in [0.15, 0.2) is 30.6 Å². The van der Waals surface area contributed by atoms with E-state index in [1.807, 2.05) is 6.07 Å². The first-order valence-electron chi connectivity index (χ1n) is 7.53. The summed E-state index contributed by atoms with van der Waals surface area (Å²) in [5.74, 6) is 6.57. The number of benzene rings is 1. The van der Waals surface area contributed by atoms with E-state index in [1.54, 1.807) is 12.4 Å². The SMILES string of the molecule is NNC(CC1CCCCC1)c1ccc2nccnc2c1. The van der Waals surface area contributed by atoms with Gasteiger partial charge in [-0.3, -0.25) is 21.2 Å². The number of hydrogen-bond donors (Lipinski definition) is 2. The summed E-state index contributed by atoms with van der Waals surface area (Å²) in [6, 6.07) is 6.47. The lowest BCUT2D eigenvalue weighted by Crippen LogP contribution is -2.30. The number of nitrogens with zero attached hydrogens (tertiary/aromatic N) is 2. The molecule has 0 radical (unpaired) electrons. The summed E-state index contributed by atoms with van der Waals surface area (Å²) in [5, 5.41) is 0. The predicted molar refractivity (Wildman–Crippen MR) is 80.8 cm³/mol. The lowest BCUT2D eigenvalue weighted by atomic mass is 9.83. The minimum atomic E-state index is 0.213. The molecule has 4 nitrogen and oxygen atoms in total. The van der Waals surface area contributed by atoms with Crippen molar-refractivity contribution in [3.05, 3.63) is 36.2 Å². The van der Waals surface area contributed by atoms with E-state index in [4.69, 9.17) is 5.84 Å². The molecular weight excluding hydrogens is 248 g/mol. The van der Waals surface area contributed by atoms with Crippen molar-refractivity contribution in [2.45, 2.75) is 44.6 Å². The van der Waals surface area contributed by atoms with Crippen LogP contribution in [0.25, 0.3) is 11.0 Å². The molecule has 0 aliphatic heterocycles. The Bertz CT molecular complexity index is 563. The fourth-order valence-electron chi connectivity index (χ4n) is 3.25. The topological polar surface area (TPSA) is 63.8 Å². The second-order valence-electron chi connectivity index (χ2n) is 5.76. The van der Waals surface area contributed by atoms with Gasteiger partial charge < -0.3 is 0 Å². The van der Waals surface area contributed by atoms with Crippen molar-refractivity contribution >= 4 is 11.0 Å². The third-order valence-electron chi connectivity index (χ3n) is 4.39. The Labute approximate surface area is 119 Å². The van der Waals surface area contributed by atoms with Crippen molar-refractivity contribution in [1.29, 1.82) is 0 Å². The molecule has 1 saturated carbocycles. The lowest BCUT2D eigenvalue weighted by Gasteiger charge is -2.26. The number of nitrogens with one attached hydrogen (secondary N) is 1. The first-order valence-corrected chi connectivity index (χ1v) is 7.53. The van der Waals surface area contributed by atoms with Gasteiger partial charge in [0, 0.05) is 18.4 Å². The smallest absolute Gasteiger partial charge is 0.0890 e. The van der Waals surface area contributed by atoms with Gasteiger partial charge in [-0.15, -0.1) is 0 Å². The molecule has 1 fully saturated rings. The van der Waals surface area contributed by atoms with Crippen molar-refractivity contribution < 1.29 is 0 Å². The standard InChI is InChI=1S/C16H22N4/c17-20-15(10-12-4-2-1-3-5-12)13-6-7-14-16(11-13)19-9-8-18-14/h6-9,11-12,15,20H,1-5,10,17H2. The molecule has 0 amide bonds. The summed E-state index contributed by atoms with van der Waals surface area (Å²) in [7, 11) is 0. The van der Waals surface area contributed by atoms with Gasteiger partial charge in [-0.1, -0.05) is 38.2 Å². The van der Waals surface area contributed by atoms with E-state index < -0.39 is 0 Å². The van der Waals surface area contributed by atoms with Crippen LogP contribution >= 0.6 is 0 Å². The lowest BCUT2D eigenvalue weighted by molar-refractivity contribution is 0.301. The highest BCUT2D eigenvalue weighted by atomic mass is 15.2. The Balaban J connectivity index is 1.79. The summed E-state index contributed by atoms with van der Waals surface area (Å²) in [6.07, 6.45) is 11.4. The molecule has 1 unspecified atom stereocenters. The van der Waals surface area contributed by atoms with Crippen LogP contribution in [0.1, 0.15) is 50.1 Å². The minimum absolute atomic E-state index is 0.213. The second-order valence-corrected chi connectivity index (χ2v) is 5.76. The predicted octanol–water partition coefficient (Wildman–Crippen LogP) is 3.10. The van der Waals surface area contributed by atoms with Crippen molar-refractivity contribution in [3.63, 3.8) is 0 Å². The van der Waals surface area contributed by atoms with Gasteiger partial charge in [0.05, 0.1) is 11.0 Å². The molecular formula is C16H22N4. The average molecular weight is 270 g/mol. The van der Waals surface area contributed by atoms with Crippen LogP contribution in [0.4, 0.5) is 0 Å². The fraction of sp³-hybridized carbons (Fsp3) is 0.500. The number of rotatable bonds is 4. The Hall–Kier alpha value is -1.52. The Morgan fingerprint density at radius 1 is 1.10 bits per heavy atom. The van der Waals surface area contributed by atoms with E-state index in [0.29, 0.717) is 0 Å². The molecule has 20 heavy (non-hydrogen) atoms. The molecule has 1 aromatic carbocycles. The molecule has 106 valence electrons. The van der Waals surface area contributed by atoms with Crippen LogP contribution in [0.2, 0.25) is 0 Å². The Morgan fingerprint density at radius 3 is 2.60 bits per heavy atom. The maximum Gasteiger partial charge on any atom is 0.0890 e. The van der Waals surface area contributed by atoms with Gasteiger partial charge in [-0.25, -0.2) is 0 Å². The Morgan fingerprint density at radius 2 is 1.85 bits per heavy atom. The number of nitrogens with two attached hydrogens (primary N) is 1. The molecule has 0 bridgehead atoms. The van der Waals surface area contributed by atoms with E-state index in [2.05, 4.69) is 27.5 Å². The normalized spacial score (nSPS) is 18.2. The maximum absolute atomic E-state index is 5.78. The van der Waals surface area contributed by atoms with Crippen LogP contribution in [-0.4, -0.2) is 9.97 Å².